The van der Waals surface area contributed by atoms with Gasteiger partial charge in [0.25, 0.3) is 5.56 Å². The second kappa shape index (κ2) is 7.82. The van der Waals surface area contributed by atoms with E-state index in [1.165, 1.54) is 4.52 Å². The van der Waals surface area contributed by atoms with Crippen molar-refractivity contribution in [2.24, 2.45) is 0 Å². The van der Waals surface area contributed by atoms with Crippen LogP contribution in [0.15, 0.2) is 53.6 Å². The maximum absolute atomic E-state index is 12.2. The van der Waals surface area contributed by atoms with E-state index in [1.54, 1.807) is 12.3 Å². The average Bonchev–Trinajstić information content (AvgIpc) is 3.12. The van der Waals surface area contributed by atoms with Gasteiger partial charge in [-0.3, -0.25) is 9.78 Å². The van der Waals surface area contributed by atoms with Gasteiger partial charge in [0.2, 0.25) is 11.7 Å². The number of rotatable bonds is 6. The van der Waals surface area contributed by atoms with E-state index in [0.717, 1.165) is 35.2 Å². The molecule has 3 heterocycles. The lowest BCUT2D eigenvalue weighted by Gasteiger charge is -2.08. The first-order valence-corrected chi connectivity index (χ1v) is 9.43. The number of aromatic nitrogens is 5. The smallest absolute Gasteiger partial charge is 0.275 e. The summed E-state index contributed by atoms with van der Waals surface area (Å²) in [5.74, 6) is 0.790. The fraction of sp³-hybridized carbons (Fsp3) is 0.200. The first kappa shape index (κ1) is 18.2. The predicted octanol–water partition coefficient (Wildman–Crippen LogP) is 3.70. The Hall–Kier alpha value is -3.19. The molecule has 8 heteroatoms. The highest BCUT2D eigenvalue weighted by atomic mass is 35.5. The predicted molar refractivity (Wildman–Crippen MR) is 110 cm³/mol. The van der Waals surface area contributed by atoms with E-state index in [9.17, 15) is 4.79 Å². The lowest BCUT2D eigenvalue weighted by atomic mass is 10.0. The quantitative estimate of drug-likeness (QED) is 0.520. The standard InChI is InChI=1S/C20H19ClN6O/c1-2-4-16-10-18(28)27-20(24-16)25-19(26-27)23-12-15-9-13(6-7-17(15)21)14-5-3-8-22-11-14/h3,5-11H,2,4,12H2,1H3,(H2,23,24,25,26). The summed E-state index contributed by atoms with van der Waals surface area (Å²) >= 11 is 6.35. The largest absolute Gasteiger partial charge is 0.349 e. The number of aryl methyl sites for hydroxylation is 1. The number of nitrogens with zero attached hydrogens (tertiary/aromatic N) is 4. The Bertz CT molecular complexity index is 1170. The van der Waals surface area contributed by atoms with Crippen LogP contribution in [0.2, 0.25) is 5.02 Å². The van der Waals surface area contributed by atoms with Crippen molar-refractivity contribution < 1.29 is 0 Å². The molecule has 0 unspecified atom stereocenters. The van der Waals surface area contributed by atoms with E-state index in [4.69, 9.17) is 11.6 Å². The number of H-pyrrole nitrogens is 1. The third-order valence-electron chi connectivity index (χ3n) is 4.38. The van der Waals surface area contributed by atoms with Gasteiger partial charge in [-0.25, -0.2) is 0 Å². The second-order valence-electron chi connectivity index (χ2n) is 6.46. The van der Waals surface area contributed by atoms with E-state index >= 15 is 0 Å². The fourth-order valence-corrected chi connectivity index (χ4v) is 3.20. The summed E-state index contributed by atoms with van der Waals surface area (Å²) < 4.78 is 1.26. The molecule has 0 aliphatic rings. The molecule has 1 aromatic carbocycles. The number of nitrogens with one attached hydrogen (secondary N) is 2. The van der Waals surface area contributed by atoms with Crippen molar-refractivity contribution >= 4 is 23.3 Å². The Labute approximate surface area is 166 Å². The Morgan fingerprint density at radius 1 is 1.21 bits per heavy atom. The van der Waals surface area contributed by atoms with Crippen LogP contribution >= 0.6 is 11.6 Å². The summed E-state index contributed by atoms with van der Waals surface area (Å²) in [4.78, 5) is 23.9. The minimum atomic E-state index is -0.200. The van der Waals surface area contributed by atoms with Crippen LogP contribution in [0.5, 0.6) is 0 Å². The van der Waals surface area contributed by atoms with Crippen molar-refractivity contribution in [3.05, 3.63) is 75.4 Å². The van der Waals surface area contributed by atoms with E-state index in [2.05, 4.69) is 32.3 Å². The summed E-state index contributed by atoms with van der Waals surface area (Å²) in [7, 11) is 0. The lowest BCUT2D eigenvalue weighted by Crippen LogP contribution is -2.15. The van der Waals surface area contributed by atoms with Crippen LogP contribution in [0.25, 0.3) is 16.9 Å². The number of halogens is 1. The molecule has 0 saturated heterocycles. The van der Waals surface area contributed by atoms with E-state index in [1.807, 2.05) is 36.5 Å². The molecule has 4 rings (SSSR count). The number of hydrogen-bond acceptors (Lipinski definition) is 5. The van der Waals surface area contributed by atoms with Gasteiger partial charge in [-0.15, -0.1) is 5.10 Å². The van der Waals surface area contributed by atoms with Gasteiger partial charge < -0.3 is 10.3 Å². The molecule has 0 saturated carbocycles. The minimum absolute atomic E-state index is 0.200. The maximum atomic E-state index is 12.2. The van der Waals surface area contributed by atoms with Crippen molar-refractivity contribution in [3.63, 3.8) is 0 Å². The molecule has 3 aromatic heterocycles. The number of hydrogen-bond donors (Lipinski definition) is 2. The Morgan fingerprint density at radius 3 is 2.89 bits per heavy atom. The van der Waals surface area contributed by atoms with Gasteiger partial charge in [0.15, 0.2) is 0 Å². The topological polar surface area (TPSA) is 88.0 Å². The molecule has 0 aliphatic heterocycles. The van der Waals surface area contributed by atoms with Gasteiger partial charge >= 0.3 is 0 Å². The molecule has 0 radical (unpaired) electrons. The lowest BCUT2D eigenvalue weighted by molar-refractivity contribution is 0.837. The van der Waals surface area contributed by atoms with Crippen molar-refractivity contribution in [2.45, 2.75) is 26.3 Å². The first-order valence-electron chi connectivity index (χ1n) is 9.05. The van der Waals surface area contributed by atoms with Gasteiger partial charge in [-0.2, -0.15) is 9.50 Å². The van der Waals surface area contributed by atoms with Crippen molar-refractivity contribution in [1.29, 1.82) is 0 Å². The highest BCUT2D eigenvalue weighted by Crippen LogP contribution is 2.25. The second-order valence-corrected chi connectivity index (χ2v) is 6.86. The molecule has 0 amide bonds. The zero-order valence-corrected chi connectivity index (χ0v) is 16.1. The molecule has 142 valence electrons. The van der Waals surface area contributed by atoms with Gasteiger partial charge in [0.05, 0.1) is 0 Å². The summed E-state index contributed by atoms with van der Waals surface area (Å²) in [5, 5.41) is 8.03. The molecule has 0 spiro atoms. The summed E-state index contributed by atoms with van der Waals surface area (Å²) in [6, 6.07) is 11.3. The highest BCUT2D eigenvalue weighted by Gasteiger charge is 2.10. The first-order chi connectivity index (χ1) is 13.6. The molecule has 4 aromatic rings. The molecule has 28 heavy (non-hydrogen) atoms. The molecule has 2 N–H and O–H groups in total. The molecular formula is C20H19ClN6O. The number of aromatic amines is 1. The zero-order valence-electron chi connectivity index (χ0n) is 15.3. The molecule has 0 fully saturated rings. The maximum Gasteiger partial charge on any atom is 0.275 e. The number of benzene rings is 1. The number of pyridine rings is 1. The van der Waals surface area contributed by atoms with Crippen LogP contribution in [0.1, 0.15) is 24.6 Å². The zero-order chi connectivity index (χ0) is 19.5. The number of fused-ring (bicyclic) bond motifs is 1. The Balaban J connectivity index is 1.57. The Kier molecular flexibility index (Phi) is 5.08. The molecule has 0 aliphatic carbocycles. The van der Waals surface area contributed by atoms with Crippen LogP contribution in [0.3, 0.4) is 0 Å². The highest BCUT2D eigenvalue weighted by molar-refractivity contribution is 6.31. The molecule has 0 atom stereocenters. The van der Waals surface area contributed by atoms with Gasteiger partial charge in [-0.1, -0.05) is 37.1 Å². The van der Waals surface area contributed by atoms with E-state index < -0.39 is 0 Å². The average molecular weight is 395 g/mol. The van der Waals surface area contributed by atoms with Gasteiger partial charge in [0.1, 0.15) is 0 Å². The van der Waals surface area contributed by atoms with Crippen LogP contribution < -0.4 is 10.9 Å². The van der Waals surface area contributed by atoms with Crippen LogP contribution in [-0.2, 0) is 13.0 Å². The van der Waals surface area contributed by atoms with E-state index in [-0.39, 0.29) is 5.56 Å². The van der Waals surface area contributed by atoms with Crippen molar-refractivity contribution in [3.8, 4) is 11.1 Å². The normalized spacial score (nSPS) is 11.1. The Morgan fingerprint density at radius 2 is 2.11 bits per heavy atom. The van der Waals surface area contributed by atoms with E-state index in [0.29, 0.717) is 23.3 Å². The minimum Gasteiger partial charge on any atom is -0.349 e. The summed E-state index contributed by atoms with van der Waals surface area (Å²) in [6.07, 6.45) is 5.28. The third kappa shape index (κ3) is 3.75. The van der Waals surface area contributed by atoms with Crippen LogP contribution in [0, 0.1) is 0 Å². The monoisotopic (exact) mass is 394 g/mol. The van der Waals surface area contributed by atoms with Gasteiger partial charge in [-0.05, 0) is 41.3 Å². The summed E-state index contributed by atoms with van der Waals surface area (Å²) in [6.45, 7) is 2.49. The van der Waals surface area contributed by atoms with Crippen molar-refractivity contribution in [2.75, 3.05) is 5.32 Å². The molecule has 7 nitrogen and oxygen atoms in total. The molecular weight excluding hydrogens is 376 g/mol. The van der Waals surface area contributed by atoms with Crippen LogP contribution in [-0.4, -0.2) is 24.6 Å². The SMILES string of the molecule is CCCc1cc(=O)n2nc(NCc3cc(-c4cccnc4)ccc3Cl)nc2[nH]1. The fourth-order valence-electron chi connectivity index (χ4n) is 3.01. The summed E-state index contributed by atoms with van der Waals surface area (Å²) in [5.41, 5.74) is 3.59. The van der Waals surface area contributed by atoms with Crippen molar-refractivity contribution in [1.82, 2.24) is 24.6 Å². The molecule has 0 bridgehead atoms. The van der Waals surface area contributed by atoms with Crippen LogP contribution in [0.4, 0.5) is 5.95 Å². The third-order valence-corrected chi connectivity index (χ3v) is 4.75. The van der Waals surface area contributed by atoms with Gasteiger partial charge in [0, 0.05) is 35.7 Å². The number of anilines is 1.